The third-order valence-electron chi connectivity index (χ3n) is 11.1. The number of piperidine rings is 1. The Labute approximate surface area is 366 Å². The van der Waals surface area contributed by atoms with Crippen LogP contribution < -0.4 is 10.1 Å². The first-order chi connectivity index (χ1) is 30.8. The zero-order valence-electron chi connectivity index (χ0n) is 35.6. The van der Waals surface area contributed by atoms with E-state index in [1.54, 1.807) is 0 Å². The van der Waals surface area contributed by atoms with E-state index in [1.165, 1.54) is 35.4 Å². The number of rotatable bonds is 24. The summed E-state index contributed by atoms with van der Waals surface area (Å²) in [5, 5.41) is 28.1. The minimum atomic E-state index is -0.720. The molecule has 4 aromatic rings. The Morgan fingerprint density at radius 2 is 1.70 bits per heavy atom. The van der Waals surface area contributed by atoms with E-state index < -0.39 is 23.7 Å². The minimum Gasteiger partial charge on any atom is -0.494 e. The lowest BCUT2D eigenvalue weighted by molar-refractivity contribution is -0.126. The van der Waals surface area contributed by atoms with Crippen LogP contribution in [-0.2, 0) is 23.7 Å². The van der Waals surface area contributed by atoms with E-state index in [4.69, 9.17) is 30.1 Å². The molecule has 0 radical (unpaired) electrons. The van der Waals surface area contributed by atoms with Crippen LogP contribution in [0, 0.1) is 23.7 Å². The van der Waals surface area contributed by atoms with Crippen molar-refractivity contribution in [2.24, 2.45) is 0 Å². The van der Waals surface area contributed by atoms with Gasteiger partial charge in [-0.2, -0.15) is 9.94 Å². The summed E-state index contributed by atoms with van der Waals surface area (Å²) in [6.45, 7) is 5.63. The van der Waals surface area contributed by atoms with Gasteiger partial charge < -0.3 is 44.0 Å². The van der Waals surface area contributed by atoms with E-state index in [0.29, 0.717) is 115 Å². The quantitative estimate of drug-likeness (QED) is 0.0303. The smallest absolute Gasteiger partial charge is 0.295 e. The maximum atomic E-state index is 13.8. The van der Waals surface area contributed by atoms with Crippen LogP contribution in [-0.4, -0.2) is 162 Å². The second kappa shape index (κ2) is 24.0. The van der Waals surface area contributed by atoms with Crippen molar-refractivity contribution in [2.75, 3.05) is 92.7 Å². The van der Waals surface area contributed by atoms with Gasteiger partial charge in [0.1, 0.15) is 18.7 Å². The van der Waals surface area contributed by atoms with Crippen LogP contribution in [0.2, 0.25) is 0 Å². The molecule has 2 fully saturated rings. The van der Waals surface area contributed by atoms with Gasteiger partial charge in [-0.25, -0.2) is 9.97 Å². The number of hydrogen-bond acceptors (Lipinski definition) is 14. The number of likely N-dealkylation sites (tertiary alicyclic amines) is 1. The van der Waals surface area contributed by atoms with Crippen LogP contribution in [0.5, 0.6) is 5.75 Å². The fourth-order valence-corrected chi connectivity index (χ4v) is 7.85. The molecule has 4 heterocycles. The number of benzene rings is 1. The van der Waals surface area contributed by atoms with E-state index in [9.17, 15) is 24.8 Å². The van der Waals surface area contributed by atoms with Crippen LogP contribution in [0.25, 0.3) is 22.3 Å². The number of carbonyl (C=O) groups excluding carboxylic acids is 3. The number of hydrogen-bond donors (Lipinski definition) is 3. The zero-order valence-corrected chi connectivity index (χ0v) is 35.6. The van der Waals surface area contributed by atoms with Gasteiger partial charge in [0, 0.05) is 45.0 Å². The summed E-state index contributed by atoms with van der Waals surface area (Å²) in [6, 6.07) is 11.8. The monoisotopic (exact) mass is 865 g/mol. The lowest BCUT2D eigenvalue weighted by Crippen LogP contribution is -2.43. The summed E-state index contributed by atoms with van der Waals surface area (Å²) >= 11 is 0. The Morgan fingerprint density at radius 1 is 0.984 bits per heavy atom. The van der Waals surface area contributed by atoms with Crippen molar-refractivity contribution in [2.45, 2.75) is 50.7 Å². The number of carbonyl (C=O) groups is 3. The number of nitrogens with one attached hydrogen (secondary N) is 2. The van der Waals surface area contributed by atoms with Gasteiger partial charge in [-0.15, -0.1) is 11.5 Å². The van der Waals surface area contributed by atoms with Crippen molar-refractivity contribution in [1.82, 2.24) is 39.8 Å². The highest BCUT2D eigenvalue weighted by Gasteiger charge is 2.32. The Balaban J connectivity index is 0.989. The summed E-state index contributed by atoms with van der Waals surface area (Å²) in [6.07, 6.45) is 13.1. The lowest BCUT2D eigenvalue weighted by Gasteiger charge is -2.31. The van der Waals surface area contributed by atoms with E-state index >= 15 is 0 Å². The molecule has 2 unspecified atom stereocenters. The van der Waals surface area contributed by atoms with Crippen molar-refractivity contribution < 1.29 is 43.2 Å². The Morgan fingerprint density at radius 3 is 2.37 bits per heavy atom. The molecule has 1 aliphatic heterocycles. The van der Waals surface area contributed by atoms with Gasteiger partial charge in [0.25, 0.3) is 17.6 Å². The molecule has 63 heavy (non-hydrogen) atoms. The number of Topliss-reactive ketones (excluding diaryl/α,β-unsaturated/α-hetero) is 1. The first-order valence-electron chi connectivity index (χ1n) is 21.3. The SMILES string of the molecule is C#CCOCCOCCOCCOCCN(CCCNC(=O)c1ncn(-c2ncc(OC)c3c(C(=O)C(=O)N4CCC(=C(C#N)c5ccccc5)CC4)c[nH]c23)n1)C1CCCC1O. The van der Waals surface area contributed by atoms with Gasteiger partial charge in [-0.05, 0) is 49.7 Å². The van der Waals surface area contributed by atoms with Crippen molar-refractivity contribution in [3.63, 3.8) is 0 Å². The molecule has 2 atom stereocenters. The summed E-state index contributed by atoms with van der Waals surface area (Å²) in [5.74, 6) is 0.976. The summed E-state index contributed by atoms with van der Waals surface area (Å²) < 4.78 is 28.8. The molecule has 18 heteroatoms. The number of fused-ring (bicyclic) bond motifs is 1. The molecule has 1 saturated carbocycles. The van der Waals surface area contributed by atoms with Crippen molar-refractivity contribution in [1.29, 1.82) is 5.26 Å². The highest BCUT2D eigenvalue weighted by atomic mass is 16.6. The lowest BCUT2D eigenvalue weighted by atomic mass is 9.93. The number of allylic oxidation sites excluding steroid dienone is 1. The Kier molecular flexibility index (Phi) is 17.7. The molecule has 334 valence electrons. The van der Waals surface area contributed by atoms with Gasteiger partial charge >= 0.3 is 0 Å². The molecular formula is C45H55N9O9. The number of H-pyrrole nitrogens is 1. The first kappa shape index (κ1) is 46.5. The predicted molar refractivity (Wildman–Crippen MR) is 231 cm³/mol. The number of aromatic nitrogens is 5. The molecular weight excluding hydrogens is 811 g/mol. The number of ketones is 1. The number of ether oxygens (including phenoxy) is 5. The number of nitriles is 1. The molecule has 2 amide bonds. The summed E-state index contributed by atoms with van der Waals surface area (Å²) in [5.41, 5.74) is 2.85. The topological polar surface area (TPSA) is 219 Å². The maximum absolute atomic E-state index is 13.8. The third-order valence-corrected chi connectivity index (χ3v) is 11.1. The Bertz CT molecular complexity index is 2250. The number of aromatic amines is 1. The average Bonchev–Trinajstić information content (AvgIpc) is 4.10. The minimum absolute atomic E-state index is 0.0229. The zero-order chi connectivity index (χ0) is 44.4. The highest BCUT2D eigenvalue weighted by molar-refractivity contribution is 6.45. The largest absolute Gasteiger partial charge is 0.494 e. The molecule has 1 saturated heterocycles. The molecule has 2 aliphatic rings. The van der Waals surface area contributed by atoms with E-state index in [1.807, 2.05) is 30.3 Å². The van der Waals surface area contributed by atoms with Crippen LogP contribution in [0.15, 0.2) is 54.6 Å². The molecule has 3 aromatic heterocycles. The molecule has 1 aromatic carbocycles. The average molecular weight is 866 g/mol. The van der Waals surface area contributed by atoms with Crippen LogP contribution in [0.4, 0.5) is 0 Å². The molecule has 6 rings (SSSR count). The van der Waals surface area contributed by atoms with Crippen molar-refractivity contribution >= 4 is 34.1 Å². The predicted octanol–water partition coefficient (Wildman–Crippen LogP) is 2.97. The molecule has 1 aliphatic carbocycles. The van der Waals surface area contributed by atoms with Crippen molar-refractivity contribution in [3.8, 4) is 30.0 Å². The highest BCUT2D eigenvalue weighted by Crippen LogP contribution is 2.33. The number of aliphatic hydroxyl groups excluding tert-OH is 1. The van der Waals surface area contributed by atoms with E-state index in [2.05, 4.69) is 42.3 Å². The number of methoxy groups -OCH3 is 1. The third kappa shape index (κ3) is 12.4. The fraction of sp³-hybridized carbons (Fsp3) is 0.489. The normalized spacial score (nSPS) is 16.3. The number of aliphatic hydroxyl groups is 1. The van der Waals surface area contributed by atoms with Crippen LogP contribution in [0.3, 0.4) is 0 Å². The number of pyridine rings is 1. The first-order valence-corrected chi connectivity index (χ1v) is 21.3. The number of amides is 2. The van der Waals surface area contributed by atoms with Gasteiger partial charge in [-0.3, -0.25) is 19.3 Å². The van der Waals surface area contributed by atoms with Gasteiger partial charge in [0.2, 0.25) is 5.82 Å². The van der Waals surface area contributed by atoms with Gasteiger partial charge in [-0.1, -0.05) is 36.3 Å². The summed E-state index contributed by atoms with van der Waals surface area (Å²) in [4.78, 5) is 56.0. The summed E-state index contributed by atoms with van der Waals surface area (Å²) in [7, 11) is 1.44. The maximum Gasteiger partial charge on any atom is 0.295 e. The fourth-order valence-electron chi connectivity index (χ4n) is 7.85. The second-order valence-corrected chi connectivity index (χ2v) is 15.0. The van der Waals surface area contributed by atoms with Crippen LogP contribution >= 0.6 is 0 Å². The molecule has 18 nitrogen and oxygen atoms in total. The van der Waals surface area contributed by atoms with Crippen LogP contribution in [0.1, 0.15) is 65.1 Å². The molecule has 0 spiro atoms. The van der Waals surface area contributed by atoms with Gasteiger partial charge in [0.05, 0.1) is 93.8 Å². The molecule has 0 bridgehead atoms. The van der Waals surface area contributed by atoms with E-state index in [0.717, 1.165) is 30.4 Å². The van der Waals surface area contributed by atoms with E-state index in [-0.39, 0.29) is 35.6 Å². The Hall–Kier alpha value is -5.99. The standard InChI is InChI=1S/C45H55N9O9/c1-3-20-60-22-24-62-26-27-63-25-23-61-21-19-52(36-11-7-12-37(36)55)16-8-15-47-44(57)42-50-31-54(51-42)43-40-39(38(59-2)30-49-43)35(29-48-40)41(56)45(58)53-17-13-33(14-18-53)34(28-46)32-9-5-4-6-10-32/h1,4-6,9-10,29-31,36-37,48,55H,7-8,11-27H2,2H3,(H,47,57). The van der Waals surface area contributed by atoms with Crippen molar-refractivity contribution in [3.05, 3.63) is 71.6 Å². The van der Waals surface area contributed by atoms with Gasteiger partial charge in [0.15, 0.2) is 5.82 Å². The number of terminal acetylenes is 1. The number of nitrogens with zero attached hydrogens (tertiary/aromatic N) is 7. The second-order valence-electron chi connectivity index (χ2n) is 15.0. The molecule has 3 N–H and O–H groups in total.